The highest BCUT2D eigenvalue weighted by atomic mass is 127. The number of halogens is 2. The SMILES string of the molecule is CN=C(NCc1cc(Cl)c2c(c1)OCCO2)N(C)Cc1cccn1C.I. The molecule has 0 saturated carbocycles. The van der Waals surface area contributed by atoms with Crippen molar-refractivity contribution in [2.45, 2.75) is 13.1 Å². The van der Waals surface area contributed by atoms with E-state index < -0.39 is 0 Å². The molecule has 1 aliphatic rings. The molecule has 26 heavy (non-hydrogen) atoms. The first-order chi connectivity index (χ1) is 12.1. The summed E-state index contributed by atoms with van der Waals surface area (Å²) in [7, 11) is 5.83. The van der Waals surface area contributed by atoms with Crippen LogP contribution in [0.4, 0.5) is 0 Å². The van der Waals surface area contributed by atoms with E-state index in [-0.39, 0.29) is 24.0 Å². The second kappa shape index (κ2) is 9.36. The van der Waals surface area contributed by atoms with Gasteiger partial charge < -0.3 is 24.3 Å². The van der Waals surface area contributed by atoms with Crippen LogP contribution < -0.4 is 14.8 Å². The summed E-state index contributed by atoms with van der Waals surface area (Å²) in [5, 5.41) is 3.93. The maximum atomic E-state index is 6.30. The van der Waals surface area contributed by atoms with Crippen LogP contribution in [0.2, 0.25) is 5.02 Å². The second-order valence-corrected chi connectivity index (χ2v) is 6.38. The Labute approximate surface area is 176 Å². The molecule has 0 spiro atoms. The lowest BCUT2D eigenvalue weighted by molar-refractivity contribution is 0.171. The minimum Gasteiger partial charge on any atom is -0.486 e. The van der Waals surface area contributed by atoms with E-state index in [1.165, 1.54) is 5.69 Å². The van der Waals surface area contributed by atoms with Gasteiger partial charge in [0.05, 0.1) is 11.6 Å². The lowest BCUT2D eigenvalue weighted by atomic mass is 10.2. The van der Waals surface area contributed by atoms with Gasteiger partial charge in [-0.25, -0.2) is 0 Å². The molecular formula is C18H24ClIN4O2. The summed E-state index contributed by atoms with van der Waals surface area (Å²) in [6.45, 7) is 2.44. The highest BCUT2D eigenvalue weighted by Gasteiger charge is 2.17. The monoisotopic (exact) mass is 490 g/mol. The Kier molecular flexibility index (Phi) is 7.45. The van der Waals surface area contributed by atoms with Gasteiger partial charge in [-0.2, -0.15) is 0 Å². The molecule has 0 unspecified atom stereocenters. The second-order valence-electron chi connectivity index (χ2n) is 5.97. The summed E-state index contributed by atoms with van der Waals surface area (Å²) in [5.74, 6) is 2.14. The molecule has 1 aromatic carbocycles. The van der Waals surface area contributed by atoms with Crippen LogP contribution in [0.1, 0.15) is 11.3 Å². The molecule has 0 saturated heterocycles. The largest absolute Gasteiger partial charge is 0.486 e. The van der Waals surface area contributed by atoms with Crippen molar-refractivity contribution < 1.29 is 9.47 Å². The van der Waals surface area contributed by atoms with Crippen LogP contribution in [-0.4, -0.2) is 42.7 Å². The first-order valence-corrected chi connectivity index (χ1v) is 8.56. The van der Waals surface area contributed by atoms with Crippen molar-refractivity contribution in [3.05, 3.63) is 46.7 Å². The van der Waals surface area contributed by atoms with Crippen LogP contribution in [-0.2, 0) is 20.1 Å². The van der Waals surface area contributed by atoms with Crippen molar-refractivity contribution in [2.75, 3.05) is 27.3 Å². The highest BCUT2D eigenvalue weighted by molar-refractivity contribution is 14.0. The molecule has 0 atom stereocenters. The standard InChI is InChI=1S/C18H23ClN4O2.HI/c1-20-18(23(3)12-14-5-4-6-22(14)2)21-11-13-9-15(19)17-16(10-13)24-7-8-25-17;/h4-6,9-10H,7-8,11-12H2,1-3H3,(H,20,21);1H. The fraction of sp³-hybridized carbons (Fsp3) is 0.389. The number of nitrogens with one attached hydrogen (secondary N) is 1. The number of aromatic nitrogens is 1. The van der Waals surface area contributed by atoms with Gasteiger partial charge in [0.25, 0.3) is 0 Å². The zero-order chi connectivity index (χ0) is 17.8. The molecule has 6 nitrogen and oxygen atoms in total. The first kappa shape index (κ1) is 20.7. The van der Waals surface area contributed by atoms with Gasteiger partial charge in [-0.1, -0.05) is 11.6 Å². The third-order valence-corrected chi connectivity index (χ3v) is 4.41. The number of aliphatic imine (C=N–C) groups is 1. The maximum absolute atomic E-state index is 6.30. The van der Waals surface area contributed by atoms with Crippen LogP contribution in [0, 0.1) is 0 Å². The van der Waals surface area contributed by atoms with Gasteiger partial charge in [-0.15, -0.1) is 24.0 Å². The Morgan fingerprint density at radius 3 is 2.81 bits per heavy atom. The van der Waals surface area contributed by atoms with Crippen LogP contribution in [0.25, 0.3) is 0 Å². The predicted octanol–water partition coefficient (Wildman–Crippen LogP) is 3.28. The number of guanidine groups is 1. The topological polar surface area (TPSA) is 51.0 Å². The number of aryl methyl sites for hydroxylation is 1. The molecule has 3 rings (SSSR count). The van der Waals surface area contributed by atoms with Gasteiger partial charge >= 0.3 is 0 Å². The Morgan fingerprint density at radius 2 is 2.12 bits per heavy atom. The molecule has 0 aliphatic carbocycles. The van der Waals surface area contributed by atoms with E-state index in [0.717, 1.165) is 18.1 Å². The van der Waals surface area contributed by atoms with Crippen molar-refractivity contribution in [3.8, 4) is 11.5 Å². The number of rotatable bonds is 4. The van der Waals surface area contributed by atoms with E-state index >= 15 is 0 Å². The lowest BCUT2D eigenvalue weighted by Crippen LogP contribution is -2.38. The summed E-state index contributed by atoms with van der Waals surface area (Å²) in [5.41, 5.74) is 2.23. The normalized spacial score (nSPS) is 13.2. The quantitative estimate of drug-likeness (QED) is 0.406. The smallest absolute Gasteiger partial charge is 0.194 e. The fourth-order valence-electron chi connectivity index (χ4n) is 2.81. The minimum atomic E-state index is 0. The zero-order valence-corrected chi connectivity index (χ0v) is 18.2. The van der Waals surface area contributed by atoms with E-state index in [2.05, 4.69) is 25.8 Å². The van der Waals surface area contributed by atoms with Crippen molar-refractivity contribution in [1.29, 1.82) is 0 Å². The maximum Gasteiger partial charge on any atom is 0.194 e. The Balaban J connectivity index is 0.00000243. The molecule has 1 N–H and O–H groups in total. The van der Waals surface area contributed by atoms with E-state index in [1.54, 1.807) is 7.05 Å². The Hall–Kier alpha value is -1.61. The molecule has 1 aliphatic heterocycles. The summed E-state index contributed by atoms with van der Waals surface area (Å²) >= 11 is 6.30. The van der Waals surface area contributed by atoms with Crippen LogP contribution >= 0.6 is 35.6 Å². The third-order valence-electron chi connectivity index (χ3n) is 4.13. The number of hydrogen-bond acceptors (Lipinski definition) is 3. The summed E-state index contributed by atoms with van der Waals surface area (Å²) in [4.78, 5) is 6.43. The lowest BCUT2D eigenvalue weighted by Gasteiger charge is -2.23. The molecule has 2 heterocycles. The zero-order valence-electron chi connectivity index (χ0n) is 15.2. The third kappa shape index (κ3) is 4.76. The van der Waals surface area contributed by atoms with E-state index in [0.29, 0.717) is 36.3 Å². The predicted molar refractivity (Wildman–Crippen MR) is 115 cm³/mol. The molecule has 0 bridgehead atoms. The number of fused-ring (bicyclic) bond motifs is 1. The Bertz CT molecular complexity index is 779. The van der Waals surface area contributed by atoms with E-state index in [4.69, 9.17) is 21.1 Å². The molecule has 142 valence electrons. The average Bonchev–Trinajstić information content (AvgIpc) is 3.00. The summed E-state index contributed by atoms with van der Waals surface area (Å²) in [6, 6.07) is 7.99. The van der Waals surface area contributed by atoms with Gasteiger partial charge in [-0.05, 0) is 29.8 Å². The van der Waals surface area contributed by atoms with E-state index in [9.17, 15) is 0 Å². The van der Waals surface area contributed by atoms with Gasteiger partial charge in [0.15, 0.2) is 17.5 Å². The van der Waals surface area contributed by atoms with Crippen molar-refractivity contribution >= 4 is 41.5 Å². The van der Waals surface area contributed by atoms with Crippen molar-refractivity contribution in [1.82, 2.24) is 14.8 Å². The molecule has 0 radical (unpaired) electrons. The number of nitrogens with zero attached hydrogens (tertiary/aromatic N) is 3. The van der Waals surface area contributed by atoms with Crippen molar-refractivity contribution in [2.24, 2.45) is 12.0 Å². The molecule has 2 aromatic rings. The average molecular weight is 491 g/mol. The molecular weight excluding hydrogens is 467 g/mol. The van der Waals surface area contributed by atoms with E-state index in [1.807, 2.05) is 38.5 Å². The van der Waals surface area contributed by atoms with Gasteiger partial charge in [0.2, 0.25) is 0 Å². The van der Waals surface area contributed by atoms with Crippen molar-refractivity contribution in [3.63, 3.8) is 0 Å². The van der Waals surface area contributed by atoms with Crippen LogP contribution in [0.3, 0.4) is 0 Å². The molecule has 1 aromatic heterocycles. The summed E-state index contributed by atoms with van der Waals surface area (Å²) < 4.78 is 13.3. The first-order valence-electron chi connectivity index (χ1n) is 8.18. The number of ether oxygens (including phenoxy) is 2. The highest BCUT2D eigenvalue weighted by Crippen LogP contribution is 2.38. The van der Waals surface area contributed by atoms with Crippen LogP contribution in [0.5, 0.6) is 11.5 Å². The van der Waals surface area contributed by atoms with Gasteiger partial charge in [-0.3, -0.25) is 4.99 Å². The van der Waals surface area contributed by atoms with Crippen LogP contribution in [0.15, 0.2) is 35.5 Å². The summed E-state index contributed by atoms with van der Waals surface area (Å²) in [6.07, 6.45) is 2.04. The fourth-order valence-corrected chi connectivity index (χ4v) is 3.10. The minimum absolute atomic E-state index is 0. The molecule has 0 amide bonds. The Morgan fingerprint density at radius 1 is 1.35 bits per heavy atom. The number of benzene rings is 1. The van der Waals surface area contributed by atoms with Gasteiger partial charge in [0, 0.05) is 39.6 Å². The molecule has 8 heteroatoms. The molecule has 0 fully saturated rings. The van der Waals surface area contributed by atoms with Gasteiger partial charge in [0.1, 0.15) is 13.2 Å². The number of hydrogen-bond donors (Lipinski definition) is 1.